The third-order valence-electron chi connectivity index (χ3n) is 4.38. The topological polar surface area (TPSA) is 145 Å². The molecule has 0 aliphatic rings. The summed E-state index contributed by atoms with van der Waals surface area (Å²) in [4.78, 5) is 24.5. The van der Waals surface area contributed by atoms with Crippen LogP contribution in [-0.4, -0.2) is 43.0 Å². The Morgan fingerprint density at radius 2 is 1.87 bits per heavy atom. The number of esters is 1. The van der Waals surface area contributed by atoms with E-state index in [0.29, 0.717) is 34.9 Å². The Labute approximate surface area is 177 Å². The Morgan fingerprint density at radius 1 is 1.10 bits per heavy atom. The van der Waals surface area contributed by atoms with Gasteiger partial charge in [-0.1, -0.05) is 23.4 Å². The Bertz CT molecular complexity index is 1290. The van der Waals surface area contributed by atoms with Crippen molar-refractivity contribution in [3.63, 3.8) is 0 Å². The second-order valence-corrected chi connectivity index (χ2v) is 6.49. The van der Waals surface area contributed by atoms with Crippen LogP contribution in [0.4, 0.5) is 5.95 Å². The lowest BCUT2D eigenvalue weighted by Gasteiger charge is -2.04. The van der Waals surface area contributed by atoms with Crippen molar-refractivity contribution in [2.24, 2.45) is 0 Å². The number of carbonyl (C=O) groups is 1. The van der Waals surface area contributed by atoms with Crippen LogP contribution in [0, 0.1) is 11.3 Å². The predicted molar refractivity (Wildman–Crippen MR) is 110 cm³/mol. The maximum atomic E-state index is 11.7. The molecule has 10 nitrogen and oxygen atoms in total. The molecule has 4 rings (SSSR count). The number of pyridine rings is 1. The van der Waals surface area contributed by atoms with E-state index in [-0.39, 0.29) is 11.6 Å². The molecule has 0 fully saturated rings. The van der Waals surface area contributed by atoms with Gasteiger partial charge in [-0.05, 0) is 30.3 Å². The fraction of sp³-hybridized carbons (Fsp3) is 0.0952. The highest BCUT2D eigenvalue weighted by Crippen LogP contribution is 2.23. The quantitative estimate of drug-likeness (QED) is 0.487. The van der Waals surface area contributed by atoms with Crippen LogP contribution < -0.4 is 5.73 Å². The highest BCUT2D eigenvalue weighted by atomic mass is 16.5. The molecule has 0 aliphatic heterocycles. The Morgan fingerprint density at radius 3 is 2.61 bits per heavy atom. The van der Waals surface area contributed by atoms with Crippen molar-refractivity contribution in [1.82, 2.24) is 29.9 Å². The molecule has 3 heterocycles. The molecule has 0 saturated carbocycles. The number of anilines is 1. The number of carbonyl (C=O) groups excluding carboxylic acids is 1. The Kier molecular flexibility index (Phi) is 5.31. The third-order valence-corrected chi connectivity index (χ3v) is 4.38. The molecule has 4 aromatic rings. The van der Waals surface area contributed by atoms with Crippen molar-refractivity contribution in [3.8, 4) is 28.7 Å². The normalized spacial score (nSPS) is 10.5. The van der Waals surface area contributed by atoms with Crippen LogP contribution in [0.1, 0.15) is 21.7 Å². The van der Waals surface area contributed by atoms with Gasteiger partial charge in [-0.25, -0.2) is 24.4 Å². The zero-order chi connectivity index (χ0) is 21.8. The number of nitrogens with two attached hydrogens (primary N) is 1. The molecule has 152 valence electrons. The summed E-state index contributed by atoms with van der Waals surface area (Å²) in [5, 5.41) is 17.2. The van der Waals surface area contributed by atoms with E-state index in [1.165, 1.54) is 7.11 Å². The van der Waals surface area contributed by atoms with Gasteiger partial charge in [0.05, 0.1) is 48.6 Å². The lowest BCUT2D eigenvalue weighted by Crippen LogP contribution is -2.08. The first kappa shape index (κ1) is 19.7. The maximum absolute atomic E-state index is 11.7. The number of nitrogens with zero attached hydrogens (tertiary/aromatic N) is 7. The van der Waals surface area contributed by atoms with E-state index in [1.807, 2.05) is 0 Å². The van der Waals surface area contributed by atoms with Gasteiger partial charge in [-0.2, -0.15) is 5.26 Å². The number of benzene rings is 1. The molecule has 2 N–H and O–H groups in total. The van der Waals surface area contributed by atoms with E-state index >= 15 is 0 Å². The van der Waals surface area contributed by atoms with E-state index in [4.69, 9.17) is 15.7 Å². The maximum Gasteiger partial charge on any atom is 0.356 e. The van der Waals surface area contributed by atoms with Crippen LogP contribution in [0.5, 0.6) is 0 Å². The summed E-state index contributed by atoms with van der Waals surface area (Å²) < 4.78 is 6.28. The van der Waals surface area contributed by atoms with Crippen LogP contribution in [-0.2, 0) is 11.3 Å². The number of methoxy groups -OCH3 is 1. The molecule has 0 radical (unpaired) electrons. The van der Waals surface area contributed by atoms with Crippen LogP contribution in [0.2, 0.25) is 0 Å². The summed E-state index contributed by atoms with van der Waals surface area (Å²) in [5.74, 6) is -0.410. The van der Waals surface area contributed by atoms with E-state index in [9.17, 15) is 4.79 Å². The van der Waals surface area contributed by atoms with Crippen molar-refractivity contribution in [3.05, 3.63) is 71.7 Å². The van der Waals surface area contributed by atoms with Gasteiger partial charge >= 0.3 is 5.97 Å². The Balaban J connectivity index is 1.60. The minimum absolute atomic E-state index is 0.0962. The second kappa shape index (κ2) is 8.38. The van der Waals surface area contributed by atoms with E-state index in [1.54, 1.807) is 59.4 Å². The summed E-state index contributed by atoms with van der Waals surface area (Å²) in [6.07, 6.45) is 1.71. The highest BCUT2D eigenvalue weighted by molar-refractivity contribution is 5.87. The molecule has 0 bridgehead atoms. The largest absolute Gasteiger partial charge is 0.464 e. The smallest absolute Gasteiger partial charge is 0.356 e. The van der Waals surface area contributed by atoms with Gasteiger partial charge in [0.1, 0.15) is 11.4 Å². The van der Waals surface area contributed by atoms with Crippen molar-refractivity contribution in [1.29, 1.82) is 5.26 Å². The van der Waals surface area contributed by atoms with Crippen molar-refractivity contribution >= 4 is 11.9 Å². The predicted octanol–water partition coefficient (Wildman–Crippen LogP) is 2.09. The van der Waals surface area contributed by atoms with Gasteiger partial charge in [-0.15, -0.1) is 5.10 Å². The Hall–Kier alpha value is -4.65. The van der Waals surface area contributed by atoms with Crippen LogP contribution >= 0.6 is 0 Å². The fourth-order valence-corrected chi connectivity index (χ4v) is 2.91. The van der Waals surface area contributed by atoms with E-state index in [0.717, 1.165) is 5.56 Å². The zero-order valence-corrected chi connectivity index (χ0v) is 16.4. The first-order valence-corrected chi connectivity index (χ1v) is 9.15. The molecule has 3 aromatic heterocycles. The molecular weight excluding hydrogens is 396 g/mol. The van der Waals surface area contributed by atoms with Gasteiger partial charge in [0.15, 0.2) is 0 Å². The van der Waals surface area contributed by atoms with Gasteiger partial charge < -0.3 is 10.5 Å². The van der Waals surface area contributed by atoms with Crippen molar-refractivity contribution < 1.29 is 9.53 Å². The first-order chi connectivity index (χ1) is 15.1. The summed E-state index contributed by atoms with van der Waals surface area (Å²) >= 11 is 0. The van der Waals surface area contributed by atoms with Gasteiger partial charge in [0, 0.05) is 5.56 Å². The molecule has 0 unspecified atom stereocenters. The molecule has 0 aliphatic carbocycles. The molecule has 0 spiro atoms. The third kappa shape index (κ3) is 4.35. The summed E-state index contributed by atoms with van der Waals surface area (Å²) in [5.41, 5.74) is 9.71. The van der Waals surface area contributed by atoms with Crippen LogP contribution in [0.25, 0.3) is 22.6 Å². The number of aromatic nitrogens is 6. The number of hydrogen-bond acceptors (Lipinski definition) is 9. The number of nitriles is 1. The fourth-order valence-electron chi connectivity index (χ4n) is 2.91. The zero-order valence-electron chi connectivity index (χ0n) is 16.4. The molecule has 1 aromatic carbocycles. The van der Waals surface area contributed by atoms with E-state index < -0.39 is 5.97 Å². The average Bonchev–Trinajstić information content (AvgIpc) is 3.27. The number of nitrogen functional groups attached to an aromatic ring is 1. The molecular formula is C21H16N8O2. The standard InChI is InChI=1S/C21H16N8O2/c1-31-20(30)16-4-2-3-15(24-16)11-29-12-19(27-28-29)18-9-17(25-21(23)26-18)14-7-5-13(10-22)6-8-14/h2-9,12H,11H2,1H3,(H2,23,25,26). The minimum atomic E-state index is -0.507. The lowest BCUT2D eigenvalue weighted by atomic mass is 10.1. The van der Waals surface area contributed by atoms with Gasteiger partial charge in [0.25, 0.3) is 0 Å². The SMILES string of the molecule is COC(=O)c1cccc(Cn2cc(-c3cc(-c4ccc(C#N)cc4)nc(N)n3)nn2)n1. The van der Waals surface area contributed by atoms with Crippen LogP contribution in [0.15, 0.2) is 54.7 Å². The average molecular weight is 412 g/mol. The first-order valence-electron chi connectivity index (χ1n) is 9.15. The summed E-state index contributed by atoms with van der Waals surface area (Å²) in [6.45, 7) is 0.306. The van der Waals surface area contributed by atoms with E-state index in [2.05, 4.69) is 31.3 Å². The van der Waals surface area contributed by atoms with Crippen molar-refractivity contribution in [2.75, 3.05) is 12.8 Å². The highest BCUT2D eigenvalue weighted by Gasteiger charge is 2.12. The molecule has 31 heavy (non-hydrogen) atoms. The monoisotopic (exact) mass is 412 g/mol. The van der Waals surface area contributed by atoms with Gasteiger partial charge in [0.2, 0.25) is 5.95 Å². The van der Waals surface area contributed by atoms with Crippen molar-refractivity contribution in [2.45, 2.75) is 6.54 Å². The number of rotatable bonds is 5. The van der Waals surface area contributed by atoms with Gasteiger partial charge in [-0.3, -0.25) is 0 Å². The lowest BCUT2D eigenvalue weighted by molar-refractivity contribution is 0.0593. The van der Waals surface area contributed by atoms with Crippen LogP contribution in [0.3, 0.4) is 0 Å². The number of hydrogen-bond donors (Lipinski definition) is 1. The summed E-state index contributed by atoms with van der Waals surface area (Å²) in [6, 6.07) is 15.9. The molecule has 0 atom stereocenters. The molecule has 0 amide bonds. The second-order valence-electron chi connectivity index (χ2n) is 6.49. The molecule has 0 saturated heterocycles. The minimum Gasteiger partial charge on any atom is -0.464 e. The summed E-state index contributed by atoms with van der Waals surface area (Å²) in [7, 11) is 1.31. The molecule has 10 heteroatoms. The number of ether oxygens (including phenoxy) is 1.